The second kappa shape index (κ2) is 9.72. The van der Waals surface area contributed by atoms with E-state index < -0.39 is 41.9 Å². The first-order chi connectivity index (χ1) is 16.7. The molecule has 0 saturated carbocycles. The molecule has 3 N–H and O–H groups in total. The van der Waals surface area contributed by atoms with E-state index in [0.29, 0.717) is 11.6 Å². The highest BCUT2D eigenvalue weighted by atomic mass is 19.1. The minimum atomic E-state index is -1.17. The molecule has 35 heavy (non-hydrogen) atoms. The summed E-state index contributed by atoms with van der Waals surface area (Å²) in [6.45, 7) is 0. The predicted molar refractivity (Wildman–Crippen MR) is 119 cm³/mol. The molecule has 4 rings (SSSR count). The van der Waals surface area contributed by atoms with Crippen molar-refractivity contribution in [3.8, 4) is 22.7 Å². The Bertz CT molecular complexity index is 1370. The average Bonchev–Trinajstić information content (AvgIpc) is 3.20. The monoisotopic (exact) mass is 481 g/mol. The number of amides is 1. The van der Waals surface area contributed by atoms with Crippen molar-refractivity contribution in [2.24, 2.45) is 0 Å². The molecule has 0 saturated heterocycles. The first kappa shape index (κ1) is 23.6. The van der Waals surface area contributed by atoms with Crippen LogP contribution in [0.25, 0.3) is 16.8 Å². The quantitative estimate of drug-likeness (QED) is 0.358. The van der Waals surface area contributed by atoms with E-state index in [1.54, 1.807) is 36.4 Å². The number of rotatable bonds is 7. The molecule has 0 aliphatic carbocycles. The molecule has 10 heteroatoms. The zero-order valence-corrected chi connectivity index (χ0v) is 18.0. The van der Waals surface area contributed by atoms with Gasteiger partial charge in [-0.25, -0.2) is 17.9 Å². The minimum absolute atomic E-state index is 0.141. The topological polar surface area (TPSA) is 104 Å². The van der Waals surface area contributed by atoms with Crippen LogP contribution in [0.5, 0.6) is 5.88 Å². The van der Waals surface area contributed by atoms with Gasteiger partial charge in [0.25, 0.3) is 5.91 Å². The van der Waals surface area contributed by atoms with Gasteiger partial charge in [-0.3, -0.25) is 9.59 Å². The van der Waals surface area contributed by atoms with Crippen molar-refractivity contribution in [1.29, 1.82) is 0 Å². The lowest BCUT2D eigenvalue weighted by atomic mass is 9.99. The Kier molecular flexibility index (Phi) is 6.54. The molecule has 1 amide bonds. The molecule has 7 nitrogen and oxygen atoms in total. The number of benzene rings is 3. The smallest absolute Gasteiger partial charge is 0.305 e. The molecule has 1 unspecified atom stereocenters. The van der Waals surface area contributed by atoms with E-state index in [-0.39, 0.29) is 17.2 Å². The zero-order valence-electron chi connectivity index (χ0n) is 18.0. The molecule has 0 aliphatic rings. The third kappa shape index (κ3) is 5.49. The van der Waals surface area contributed by atoms with Gasteiger partial charge in [0.2, 0.25) is 5.88 Å². The molecular weight excluding hydrogens is 463 g/mol. The highest BCUT2D eigenvalue weighted by molar-refractivity contribution is 5.93. The molecule has 1 aromatic heterocycles. The fraction of sp³-hybridized carbons (Fsp3) is 0.0800. The number of nitrogens with one attached hydrogen (secondary N) is 1. The molecule has 4 aromatic rings. The number of hydrogen-bond donors (Lipinski definition) is 3. The van der Waals surface area contributed by atoms with E-state index in [9.17, 15) is 33.0 Å². The summed E-state index contributed by atoms with van der Waals surface area (Å²) in [7, 11) is 0. The normalized spacial score (nSPS) is 11.7. The highest BCUT2D eigenvalue weighted by Gasteiger charge is 2.22. The molecule has 0 fully saturated rings. The van der Waals surface area contributed by atoms with Crippen molar-refractivity contribution in [2.75, 3.05) is 0 Å². The zero-order chi connectivity index (χ0) is 25.1. The van der Waals surface area contributed by atoms with Crippen LogP contribution in [-0.4, -0.2) is 31.9 Å². The molecule has 1 heterocycles. The van der Waals surface area contributed by atoms with Gasteiger partial charge >= 0.3 is 5.97 Å². The standard InChI is InChI=1S/C25H18F3N3O4/c26-17-7-5-15(6-8-17)14-1-3-16(4-2-14)21(13-24(33)34)29-25(35)22-12-23(32)31(30-22)20-10-18(27)9-19(28)11-20/h1-12,21,32H,13H2,(H,29,35)(H,33,34). The van der Waals surface area contributed by atoms with Crippen LogP contribution >= 0.6 is 0 Å². The molecule has 3 aromatic carbocycles. The Morgan fingerprint density at radius 2 is 1.43 bits per heavy atom. The number of carbonyl (C=O) groups excluding carboxylic acids is 1. The molecule has 1 atom stereocenters. The fourth-order valence-electron chi connectivity index (χ4n) is 3.54. The molecule has 0 bridgehead atoms. The van der Waals surface area contributed by atoms with E-state index >= 15 is 0 Å². The van der Waals surface area contributed by atoms with E-state index in [4.69, 9.17) is 0 Å². The molecule has 0 spiro atoms. The van der Waals surface area contributed by atoms with Crippen molar-refractivity contribution >= 4 is 11.9 Å². The predicted octanol–water partition coefficient (Wildman–Crippen LogP) is 4.61. The van der Waals surface area contributed by atoms with Crippen molar-refractivity contribution in [1.82, 2.24) is 15.1 Å². The van der Waals surface area contributed by atoms with Gasteiger partial charge in [-0.2, -0.15) is 5.10 Å². The first-order valence-corrected chi connectivity index (χ1v) is 10.3. The van der Waals surface area contributed by atoms with Crippen molar-refractivity contribution < 1.29 is 33.0 Å². The average molecular weight is 481 g/mol. The molecule has 178 valence electrons. The number of carboxylic acid groups (broad SMARTS) is 1. The lowest BCUT2D eigenvalue weighted by molar-refractivity contribution is -0.137. The maximum absolute atomic E-state index is 13.5. The lowest BCUT2D eigenvalue weighted by Crippen LogP contribution is -2.30. The van der Waals surface area contributed by atoms with Crippen molar-refractivity contribution in [3.05, 3.63) is 102 Å². The van der Waals surface area contributed by atoms with Crippen LogP contribution in [0.3, 0.4) is 0 Å². The second-order valence-electron chi connectivity index (χ2n) is 7.68. The largest absolute Gasteiger partial charge is 0.493 e. The van der Waals surface area contributed by atoms with Gasteiger partial charge in [0, 0.05) is 12.1 Å². The van der Waals surface area contributed by atoms with Gasteiger partial charge < -0.3 is 15.5 Å². The third-order valence-electron chi connectivity index (χ3n) is 5.19. The van der Waals surface area contributed by atoms with Gasteiger partial charge in [-0.05, 0) is 41.0 Å². The van der Waals surface area contributed by atoms with Crippen LogP contribution in [-0.2, 0) is 4.79 Å². The summed E-state index contributed by atoms with van der Waals surface area (Å²) >= 11 is 0. The Labute approximate surface area is 197 Å². The summed E-state index contributed by atoms with van der Waals surface area (Å²) < 4.78 is 41.0. The van der Waals surface area contributed by atoms with Crippen LogP contribution in [0.1, 0.15) is 28.5 Å². The molecule has 0 radical (unpaired) electrons. The van der Waals surface area contributed by atoms with Crippen LogP contribution in [0.15, 0.2) is 72.8 Å². The third-order valence-corrected chi connectivity index (χ3v) is 5.19. The summed E-state index contributed by atoms with van der Waals surface area (Å²) in [5.41, 5.74) is 1.58. The number of nitrogens with zero attached hydrogens (tertiary/aromatic N) is 2. The number of carboxylic acids is 1. The second-order valence-corrected chi connectivity index (χ2v) is 7.68. The van der Waals surface area contributed by atoms with Crippen LogP contribution in [0.4, 0.5) is 13.2 Å². The number of aromatic nitrogens is 2. The number of halogens is 3. The Morgan fingerprint density at radius 3 is 2.00 bits per heavy atom. The van der Waals surface area contributed by atoms with Gasteiger partial charge in [0.05, 0.1) is 18.2 Å². The Balaban J connectivity index is 1.57. The SMILES string of the molecule is O=C(O)CC(NC(=O)c1cc(O)n(-c2cc(F)cc(F)c2)n1)c1ccc(-c2ccc(F)cc2)cc1. The summed E-state index contributed by atoms with van der Waals surface area (Å²) in [6, 6.07) is 15.1. The fourth-order valence-corrected chi connectivity index (χ4v) is 3.54. The van der Waals surface area contributed by atoms with Crippen LogP contribution in [0, 0.1) is 17.5 Å². The number of hydrogen-bond acceptors (Lipinski definition) is 4. The van der Waals surface area contributed by atoms with Gasteiger partial charge in [0.1, 0.15) is 17.5 Å². The van der Waals surface area contributed by atoms with E-state index in [0.717, 1.165) is 34.0 Å². The maximum Gasteiger partial charge on any atom is 0.305 e. The summed E-state index contributed by atoms with van der Waals surface area (Å²) in [5, 5.41) is 25.9. The van der Waals surface area contributed by atoms with E-state index in [1.165, 1.54) is 12.1 Å². The molecular formula is C25H18F3N3O4. The van der Waals surface area contributed by atoms with Gasteiger partial charge in [-0.1, -0.05) is 36.4 Å². The summed E-state index contributed by atoms with van der Waals surface area (Å²) in [5.74, 6) is -4.67. The van der Waals surface area contributed by atoms with Gasteiger partial charge in [0.15, 0.2) is 5.69 Å². The van der Waals surface area contributed by atoms with Crippen molar-refractivity contribution in [3.63, 3.8) is 0 Å². The minimum Gasteiger partial charge on any atom is -0.493 e. The van der Waals surface area contributed by atoms with Crippen LogP contribution < -0.4 is 5.32 Å². The number of carbonyl (C=O) groups is 2. The summed E-state index contributed by atoms with van der Waals surface area (Å²) in [4.78, 5) is 24.2. The van der Waals surface area contributed by atoms with E-state index in [1.807, 2.05) is 0 Å². The highest BCUT2D eigenvalue weighted by Crippen LogP contribution is 2.25. The molecule has 0 aliphatic heterocycles. The van der Waals surface area contributed by atoms with Gasteiger partial charge in [-0.15, -0.1) is 0 Å². The first-order valence-electron chi connectivity index (χ1n) is 10.3. The maximum atomic E-state index is 13.5. The Morgan fingerprint density at radius 1 is 0.857 bits per heavy atom. The lowest BCUT2D eigenvalue weighted by Gasteiger charge is -2.17. The van der Waals surface area contributed by atoms with Crippen molar-refractivity contribution in [2.45, 2.75) is 12.5 Å². The summed E-state index contributed by atoms with van der Waals surface area (Å²) in [6.07, 6.45) is -0.441. The number of aliphatic carboxylic acids is 1. The van der Waals surface area contributed by atoms with E-state index in [2.05, 4.69) is 10.4 Å². The Hall–Kier alpha value is -4.60. The van der Waals surface area contributed by atoms with Crippen LogP contribution in [0.2, 0.25) is 0 Å². The number of aromatic hydroxyl groups is 1.